The first kappa shape index (κ1) is 12.9. The number of hydrogen-bond acceptors (Lipinski definition) is 3. The van der Waals surface area contributed by atoms with Gasteiger partial charge in [0, 0.05) is 12.1 Å². The molecular formula is C14H20N2O2. The van der Waals surface area contributed by atoms with Gasteiger partial charge in [0.1, 0.15) is 5.75 Å². The number of hydrogen-bond donors (Lipinski definition) is 3. The summed E-state index contributed by atoms with van der Waals surface area (Å²) in [4.78, 5) is 12.1. The van der Waals surface area contributed by atoms with Crippen LogP contribution in [0, 0.1) is 6.92 Å². The lowest BCUT2D eigenvalue weighted by molar-refractivity contribution is 0.0923. The largest absolute Gasteiger partial charge is 0.507 e. The van der Waals surface area contributed by atoms with Crippen molar-refractivity contribution in [2.24, 2.45) is 5.73 Å². The number of nitrogens with one attached hydrogen (secondary N) is 1. The maximum absolute atomic E-state index is 12.1. The molecule has 1 fully saturated rings. The van der Waals surface area contributed by atoms with Gasteiger partial charge in [-0.05, 0) is 44.2 Å². The van der Waals surface area contributed by atoms with Crippen molar-refractivity contribution in [1.29, 1.82) is 0 Å². The molecule has 1 saturated carbocycles. The van der Waals surface area contributed by atoms with Gasteiger partial charge in [0.05, 0.1) is 5.56 Å². The summed E-state index contributed by atoms with van der Waals surface area (Å²) in [5, 5.41) is 12.8. The molecule has 0 aliphatic heterocycles. The third-order valence-corrected chi connectivity index (χ3v) is 3.59. The summed E-state index contributed by atoms with van der Waals surface area (Å²) in [6.45, 7) is 1.78. The Bertz CT molecular complexity index is 437. The maximum atomic E-state index is 12.1. The highest BCUT2D eigenvalue weighted by molar-refractivity contribution is 5.97. The van der Waals surface area contributed by atoms with Gasteiger partial charge >= 0.3 is 0 Å². The second-order valence-corrected chi connectivity index (χ2v) is 5.06. The molecule has 0 bridgehead atoms. The predicted molar refractivity (Wildman–Crippen MR) is 70.5 cm³/mol. The van der Waals surface area contributed by atoms with Crippen molar-refractivity contribution in [3.8, 4) is 5.75 Å². The first-order valence-electron chi connectivity index (χ1n) is 6.43. The quantitative estimate of drug-likeness (QED) is 0.745. The molecule has 0 aromatic heterocycles. The highest BCUT2D eigenvalue weighted by Crippen LogP contribution is 2.22. The van der Waals surface area contributed by atoms with Crippen molar-refractivity contribution in [2.45, 2.75) is 44.7 Å². The fraction of sp³-hybridized carbons (Fsp3) is 0.500. The lowest BCUT2D eigenvalue weighted by atomic mass is 9.91. The van der Waals surface area contributed by atoms with Gasteiger partial charge in [0.15, 0.2) is 0 Å². The van der Waals surface area contributed by atoms with E-state index < -0.39 is 0 Å². The molecule has 98 valence electrons. The van der Waals surface area contributed by atoms with Crippen LogP contribution < -0.4 is 11.1 Å². The summed E-state index contributed by atoms with van der Waals surface area (Å²) in [5.74, 6) is -0.126. The number of amides is 1. The molecule has 1 aliphatic rings. The topological polar surface area (TPSA) is 75.4 Å². The minimum atomic E-state index is -0.198. The minimum absolute atomic E-state index is 0.0718. The number of nitrogens with two attached hydrogens (primary N) is 1. The fourth-order valence-electron chi connectivity index (χ4n) is 2.37. The van der Waals surface area contributed by atoms with E-state index in [4.69, 9.17) is 5.73 Å². The SMILES string of the molecule is Cc1cccc(C(=O)N[C@H]2CC[C@@H](N)CC2)c1O. The van der Waals surface area contributed by atoms with E-state index in [1.54, 1.807) is 25.1 Å². The van der Waals surface area contributed by atoms with Crippen LogP contribution in [0.5, 0.6) is 5.75 Å². The second-order valence-electron chi connectivity index (χ2n) is 5.06. The summed E-state index contributed by atoms with van der Waals surface area (Å²) in [7, 11) is 0. The summed E-state index contributed by atoms with van der Waals surface area (Å²) >= 11 is 0. The monoisotopic (exact) mass is 248 g/mol. The van der Waals surface area contributed by atoms with Crippen LogP contribution in [0.25, 0.3) is 0 Å². The van der Waals surface area contributed by atoms with Crippen LogP contribution >= 0.6 is 0 Å². The Kier molecular flexibility index (Phi) is 3.87. The zero-order chi connectivity index (χ0) is 13.1. The number of benzene rings is 1. The summed E-state index contributed by atoms with van der Waals surface area (Å²) in [5.41, 5.74) is 6.90. The van der Waals surface area contributed by atoms with E-state index in [1.165, 1.54) is 0 Å². The molecular weight excluding hydrogens is 228 g/mol. The molecule has 4 nitrogen and oxygen atoms in total. The van der Waals surface area contributed by atoms with Crippen molar-refractivity contribution in [2.75, 3.05) is 0 Å². The summed E-state index contributed by atoms with van der Waals surface area (Å²) in [6, 6.07) is 5.65. The van der Waals surface area contributed by atoms with Gasteiger partial charge in [-0.25, -0.2) is 0 Å². The number of phenols is 1. The first-order chi connectivity index (χ1) is 8.58. The molecule has 18 heavy (non-hydrogen) atoms. The van der Waals surface area contributed by atoms with Crippen molar-refractivity contribution in [3.05, 3.63) is 29.3 Å². The predicted octanol–water partition coefficient (Wildman–Crippen LogP) is 1.70. The molecule has 1 amide bonds. The normalized spacial score (nSPS) is 23.7. The molecule has 1 aliphatic carbocycles. The average Bonchev–Trinajstić information content (AvgIpc) is 2.35. The van der Waals surface area contributed by atoms with Crippen molar-refractivity contribution in [1.82, 2.24) is 5.32 Å². The maximum Gasteiger partial charge on any atom is 0.255 e. The molecule has 0 heterocycles. The molecule has 2 rings (SSSR count). The van der Waals surface area contributed by atoms with E-state index in [1.807, 2.05) is 0 Å². The second kappa shape index (κ2) is 5.40. The van der Waals surface area contributed by atoms with Crippen LogP contribution in [-0.4, -0.2) is 23.1 Å². The average molecular weight is 248 g/mol. The molecule has 1 aromatic carbocycles. The fourth-order valence-corrected chi connectivity index (χ4v) is 2.37. The van der Waals surface area contributed by atoms with Gasteiger partial charge < -0.3 is 16.2 Å². The molecule has 0 radical (unpaired) electrons. The number of carbonyl (C=O) groups is 1. The Labute approximate surface area is 107 Å². The van der Waals surface area contributed by atoms with E-state index in [0.29, 0.717) is 11.1 Å². The lowest BCUT2D eigenvalue weighted by Crippen LogP contribution is -2.40. The standard InChI is InChI=1S/C14H20N2O2/c1-9-3-2-4-12(13(9)17)14(18)16-11-7-5-10(15)6-8-11/h2-4,10-11,17H,5-8,15H2,1H3,(H,16,18)/t10-,11+. The van der Waals surface area contributed by atoms with E-state index in [2.05, 4.69) is 5.32 Å². The Hall–Kier alpha value is -1.55. The van der Waals surface area contributed by atoms with E-state index in [0.717, 1.165) is 25.7 Å². The van der Waals surface area contributed by atoms with Gasteiger partial charge in [0.25, 0.3) is 5.91 Å². The number of aromatic hydroxyl groups is 1. The minimum Gasteiger partial charge on any atom is -0.507 e. The zero-order valence-electron chi connectivity index (χ0n) is 10.6. The van der Waals surface area contributed by atoms with Crippen molar-refractivity contribution >= 4 is 5.91 Å². The van der Waals surface area contributed by atoms with Gasteiger partial charge in [-0.2, -0.15) is 0 Å². The number of rotatable bonds is 2. The van der Waals surface area contributed by atoms with Gasteiger partial charge in [-0.15, -0.1) is 0 Å². The molecule has 4 N–H and O–H groups in total. The molecule has 0 saturated heterocycles. The van der Waals surface area contributed by atoms with Crippen LogP contribution in [0.3, 0.4) is 0 Å². The number of phenolic OH excluding ortho intramolecular Hbond substituents is 1. The molecule has 0 spiro atoms. The van der Waals surface area contributed by atoms with Crippen LogP contribution in [0.15, 0.2) is 18.2 Å². The molecule has 4 heteroatoms. The number of para-hydroxylation sites is 1. The number of carbonyl (C=O) groups excluding carboxylic acids is 1. The summed E-state index contributed by atoms with van der Waals surface area (Å²) in [6.07, 6.45) is 3.73. The van der Waals surface area contributed by atoms with E-state index in [9.17, 15) is 9.90 Å². The number of aryl methyl sites for hydroxylation is 1. The van der Waals surface area contributed by atoms with Crippen LogP contribution in [0.1, 0.15) is 41.6 Å². The van der Waals surface area contributed by atoms with Gasteiger partial charge in [-0.1, -0.05) is 12.1 Å². The highest BCUT2D eigenvalue weighted by Gasteiger charge is 2.21. The van der Waals surface area contributed by atoms with Crippen molar-refractivity contribution < 1.29 is 9.90 Å². The molecule has 0 atom stereocenters. The van der Waals surface area contributed by atoms with Crippen LogP contribution in [0.4, 0.5) is 0 Å². The molecule has 0 unspecified atom stereocenters. The highest BCUT2D eigenvalue weighted by atomic mass is 16.3. The Morgan fingerprint density at radius 2 is 2.00 bits per heavy atom. The lowest BCUT2D eigenvalue weighted by Gasteiger charge is -2.26. The smallest absolute Gasteiger partial charge is 0.255 e. The van der Waals surface area contributed by atoms with Gasteiger partial charge in [-0.3, -0.25) is 4.79 Å². The Balaban J connectivity index is 2.01. The third-order valence-electron chi connectivity index (χ3n) is 3.59. The van der Waals surface area contributed by atoms with E-state index in [-0.39, 0.29) is 23.7 Å². The van der Waals surface area contributed by atoms with Crippen LogP contribution in [-0.2, 0) is 0 Å². The third kappa shape index (κ3) is 2.82. The van der Waals surface area contributed by atoms with E-state index >= 15 is 0 Å². The zero-order valence-corrected chi connectivity index (χ0v) is 10.6. The Morgan fingerprint density at radius 3 is 2.67 bits per heavy atom. The van der Waals surface area contributed by atoms with Crippen molar-refractivity contribution in [3.63, 3.8) is 0 Å². The molecule has 1 aromatic rings. The summed E-state index contributed by atoms with van der Waals surface area (Å²) < 4.78 is 0. The van der Waals surface area contributed by atoms with Crippen LogP contribution in [0.2, 0.25) is 0 Å². The Morgan fingerprint density at radius 1 is 1.33 bits per heavy atom. The van der Waals surface area contributed by atoms with Gasteiger partial charge in [0.2, 0.25) is 0 Å². The first-order valence-corrected chi connectivity index (χ1v) is 6.43.